The number of carbonyl (C=O) groups is 2. The van der Waals surface area contributed by atoms with Crippen LogP contribution in [0.2, 0.25) is 0 Å². The standard InChI is InChI=1S/C21H26N2O6S/c1-4-28-19-8-6-5-7-18(19)23-21(25)15(2)29-20(24)14-11-16-9-12-17(13-10-16)30(26,27)22-3/h5-10,12-13,15,22H,4,11,14H2,1-3H3,(H,23,25). The molecule has 1 atom stereocenters. The molecule has 0 saturated carbocycles. The number of aryl methyl sites for hydroxylation is 1. The van der Waals surface area contributed by atoms with E-state index in [0.717, 1.165) is 5.56 Å². The first-order valence-electron chi connectivity index (χ1n) is 9.51. The quantitative estimate of drug-likeness (QED) is 0.556. The fourth-order valence-corrected chi connectivity index (χ4v) is 3.32. The molecule has 9 heteroatoms. The molecule has 0 radical (unpaired) electrons. The molecule has 8 nitrogen and oxygen atoms in total. The van der Waals surface area contributed by atoms with Crippen LogP contribution in [0.25, 0.3) is 0 Å². The Morgan fingerprint density at radius 3 is 2.37 bits per heavy atom. The van der Waals surface area contributed by atoms with Gasteiger partial charge in [-0.3, -0.25) is 9.59 Å². The minimum Gasteiger partial charge on any atom is -0.492 e. The van der Waals surface area contributed by atoms with E-state index in [4.69, 9.17) is 9.47 Å². The van der Waals surface area contributed by atoms with E-state index in [9.17, 15) is 18.0 Å². The molecule has 0 heterocycles. The molecular formula is C21H26N2O6S. The predicted octanol–water partition coefficient (Wildman–Crippen LogP) is 2.50. The Morgan fingerprint density at radius 2 is 1.73 bits per heavy atom. The lowest BCUT2D eigenvalue weighted by molar-refractivity contribution is -0.153. The molecule has 2 N–H and O–H groups in total. The van der Waals surface area contributed by atoms with Gasteiger partial charge in [-0.1, -0.05) is 24.3 Å². The average molecular weight is 435 g/mol. The van der Waals surface area contributed by atoms with Gasteiger partial charge in [0, 0.05) is 6.42 Å². The number of sulfonamides is 1. The van der Waals surface area contributed by atoms with Crippen LogP contribution in [0, 0.1) is 0 Å². The molecule has 30 heavy (non-hydrogen) atoms. The molecule has 0 fully saturated rings. The number of anilines is 1. The normalized spacial score (nSPS) is 12.1. The van der Waals surface area contributed by atoms with Crippen LogP contribution in [0.5, 0.6) is 5.75 Å². The van der Waals surface area contributed by atoms with Crippen molar-refractivity contribution in [2.45, 2.75) is 37.7 Å². The Morgan fingerprint density at radius 1 is 1.07 bits per heavy atom. The van der Waals surface area contributed by atoms with Crippen molar-refractivity contribution in [3.63, 3.8) is 0 Å². The third-order valence-electron chi connectivity index (χ3n) is 4.24. The maximum Gasteiger partial charge on any atom is 0.306 e. The van der Waals surface area contributed by atoms with E-state index < -0.39 is 28.0 Å². The SMILES string of the molecule is CCOc1ccccc1NC(=O)C(C)OC(=O)CCc1ccc(S(=O)(=O)NC)cc1. The Kier molecular flexibility index (Phi) is 8.37. The highest BCUT2D eigenvalue weighted by atomic mass is 32.2. The Bertz CT molecular complexity index is 973. The molecular weight excluding hydrogens is 408 g/mol. The number of esters is 1. The van der Waals surface area contributed by atoms with Gasteiger partial charge in [-0.05, 0) is 57.1 Å². The summed E-state index contributed by atoms with van der Waals surface area (Å²) in [6.07, 6.45) is -0.554. The maximum absolute atomic E-state index is 12.3. The summed E-state index contributed by atoms with van der Waals surface area (Å²) in [6.45, 7) is 3.80. The zero-order chi connectivity index (χ0) is 22.1. The van der Waals surface area contributed by atoms with E-state index >= 15 is 0 Å². The molecule has 0 aliphatic rings. The summed E-state index contributed by atoms with van der Waals surface area (Å²) in [7, 11) is -2.16. The van der Waals surface area contributed by atoms with Crippen LogP contribution in [0.15, 0.2) is 53.4 Å². The monoisotopic (exact) mass is 434 g/mol. The molecule has 0 spiro atoms. The summed E-state index contributed by atoms with van der Waals surface area (Å²) in [5, 5.41) is 2.70. The molecule has 2 rings (SSSR count). The first-order chi connectivity index (χ1) is 14.3. The zero-order valence-electron chi connectivity index (χ0n) is 17.2. The van der Waals surface area contributed by atoms with Crippen molar-refractivity contribution in [1.29, 1.82) is 0 Å². The van der Waals surface area contributed by atoms with Gasteiger partial charge in [0.25, 0.3) is 5.91 Å². The Labute approximate surface area is 176 Å². The fraction of sp³-hybridized carbons (Fsp3) is 0.333. The van der Waals surface area contributed by atoms with Crippen LogP contribution < -0.4 is 14.8 Å². The van der Waals surface area contributed by atoms with Crippen molar-refractivity contribution in [3.8, 4) is 5.75 Å². The largest absolute Gasteiger partial charge is 0.492 e. The number of carbonyl (C=O) groups excluding carboxylic acids is 2. The molecule has 0 aliphatic carbocycles. The van der Waals surface area contributed by atoms with Crippen LogP contribution in [0.3, 0.4) is 0 Å². The van der Waals surface area contributed by atoms with Gasteiger partial charge in [0.2, 0.25) is 10.0 Å². The number of ether oxygens (including phenoxy) is 2. The van der Waals surface area contributed by atoms with Crippen molar-refractivity contribution in [1.82, 2.24) is 4.72 Å². The van der Waals surface area contributed by atoms with Gasteiger partial charge in [-0.15, -0.1) is 0 Å². The lowest BCUT2D eigenvalue weighted by atomic mass is 10.1. The zero-order valence-corrected chi connectivity index (χ0v) is 18.0. The molecule has 0 saturated heterocycles. The molecule has 1 unspecified atom stereocenters. The topological polar surface area (TPSA) is 111 Å². The van der Waals surface area contributed by atoms with Gasteiger partial charge in [-0.25, -0.2) is 13.1 Å². The van der Waals surface area contributed by atoms with E-state index in [1.54, 1.807) is 36.4 Å². The van der Waals surface area contributed by atoms with E-state index in [2.05, 4.69) is 10.0 Å². The number of hydrogen-bond acceptors (Lipinski definition) is 6. The van der Waals surface area contributed by atoms with E-state index in [1.165, 1.54) is 26.1 Å². The van der Waals surface area contributed by atoms with Gasteiger partial charge in [-0.2, -0.15) is 0 Å². The van der Waals surface area contributed by atoms with Gasteiger partial charge in [0.05, 0.1) is 17.2 Å². The average Bonchev–Trinajstić information content (AvgIpc) is 2.74. The van der Waals surface area contributed by atoms with Crippen LogP contribution >= 0.6 is 0 Å². The lowest BCUT2D eigenvalue weighted by Gasteiger charge is -2.15. The number of para-hydroxylation sites is 2. The molecule has 1 amide bonds. The molecule has 0 bridgehead atoms. The molecule has 2 aromatic carbocycles. The highest BCUT2D eigenvalue weighted by Crippen LogP contribution is 2.24. The summed E-state index contributed by atoms with van der Waals surface area (Å²) >= 11 is 0. The minimum atomic E-state index is -3.50. The second-order valence-electron chi connectivity index (χ2n) is 6.40. The highest BCUT2D eigenvalue weighted by Gasteiger charge is 2.19. The van der Waals surface area contributed by atoms with E-state index in [0.29, 0.717) is 24.5 Å². The second kappa shape index (κ2) is 10.7. The first-order valence-corrected chi connectivity index (χ1v) is 11.0. The Balaban J connectivity index is 1.86. The van der Waals surface area contributed by atoms with Crippen molar-refractivity contribution >= 4 is 27.6 Å². The molecule has 162 valence electrons. The van der Waals surface area contributed by atoms with Crippen molar-refractivity contribution in [2.75, 3.05) is 19.0 Å². The summed E-state index contributed by atoms with van der Waals surface area (Å²) in [4.78, 5) is 24.6. The predicted molar refractivity (Wildman–Crippen MR) is 113 cm³/mol. The van der Waals surface area contributed by atoms with Gasteiger partial charge in [0.1, 0.15) is 5.75 Å². The van der Waals surface area contributed by atoms with Crippen molar-refractivity contribution in [3.05, 3.63) is 54.1 Å². The van der Waals surface area contributed by atoms with E-state index in [-0.39, 0.29) is 11.3 Å². The number of amides is 1. The molecule has 0 aromatic heterocycles. The second-order valence-corrected chi connectivity index (χ2v) is 8.29. The molecule has 2 aromatic rings. The van der Waals surface area contributed by atoms with Gasteiger partial charge in [0.15, 0.2) is 6.10 Å². The van der Waals surface area contributed by atoms with Gasteiger partial charge < -0.3 is 14.8 Å². The van der Waals surface area contributed by atoms with Crippen LogP contribution in [0.1, 0.15) is 25.8 Å². The van der Waals surface area contributed by atoms with Crippen LogP contribution in [-0.4, -0.2) is 40.1 Å². The van der Waals surface area contributed by atoms with Crippen LogP contribution in [0.4, 0.5) is 5.69 Å². The third-order valence-corrected chi connectivity index (χ3v) is 5.67. The molecule has 0 aliphatic heterocycles. The van der Waals surface area contributed by atoms with Crippen LogP contribution in [-0.2, 0) is 30.8 Å². The number of hydrogen-bond donors (Lipinski definition) is 2. The Hall–Kier alpha value is -2.91. The highest BCUT2D eigenvalue weighted by molar-refractivity contribution is 7.89. The van der Waals surface area contributed by atoms with E-state index in [1.807, 2.05) is 6.92 Å². The summed E-state index contributed by atoms with van der Waals surface area (Å²) in [5.41, 5.74) is 1.29. The van der Waals surface area contributed by atoms with Gasteiger partial charge >= 0.3 is 5.97 Å². The summed E-state index contributed by atoms with van der Waals surface area (Å²) in [5.74, 6) is -0.449. The number of rotatable bonds is 10. The summed E-state index contributed by atoms with van der Waals surface area (Å²) in [6, 6.07) is 13.2. The number of nitrogens with one attached hydrogen (secondary N) is 2. The maximum atomic E-state index is 12.3. The minimum absolute atomic E-state index is 0.0608. The van der Waals surface area contributed by atoms with Crippen molar-refractivity contribution in [2.24, 2.45) is 0 Å². The van der Waals surface area contributed by atoms with Crippen molar-refractivity contribution < 1.29 is 27.5 Å². The summed E-state index contributed by atoms with van der Waals surface area (Å²) < 4.78 is 36.3. The number of benzene rings is 2. The lowest BCUT2D eigenvalue weighted by Crippen LogP contribution is -2.30. The fourth-order valence-electron chi connectivity index (χ4n) is 2.59. The third kappa shape index (κ3) is 6.57. The smallest absolute Gasteiger partial charge is 0.306 e. The first kappa shape index (κ1) is 23.4.